The van der Waals surface area contributed by atoms with Crippen LogP contribution in [0.2, 0.25) is 5.02 Å². The molecule has 0 aliphatic carbocycles. The van der Waals surface area contributed by atoms with E-state index < -0.39 is 4.92 Å². The first-order valence-electron chi connectivity index (χ1n) is 8.40. The molecule has 138 valence electrons. The number of nitriles is 1. The Hall–Kier alpha value is -3.62. The minimum absolute atomic E-state index is 0.0771. The quantitative estimate of drug-likeness (QED) is 0.227. The molecule has 0 amide bonds. The van der Waals surface area contributed by atoms with E-state index in [0.29, 0.717) is 34.1 Å². The molecule has 0 atom stereocenters. The van der Waals surface area contributed by atoms with Gasteiger partial charge in [-0.3, -0.25) is 10.1 Å². The van der Waals surface area contributed by atoms with E-state index in [-0.39, 0.29) is 5.69 Å². The first-order chi connectivity index (χ1) is 13.6. The average Bonchev–Trinajstić information content (AvgIpc) is 2.72. The maximum absolute atomic E-state index is 11.2. The van der Waals surface area contributed by atoms with Crippen molar-refractivity contribution in [2.45, 2.75) is 6.61 Å². The molecule has 0 aromatic heterocycles. The number of hydrogen-bond acceptors (Lipinski definition) is 4. The Balaban J connectivity index is 1.98. The highest BCUT2D eigenvalue weighted by atomic mass is 35.5. The second-order valence-electron chi connectivity index (χ2n) is 5.93. The van der Waals surface area contributed by atoms with Crippen LogP contribution in [0.5, 0.6) is 5.75 Å². The summed E-state index contributed by atoms with van der Waals surface area (Å²) in [7, 11) is 0. The number of rotatable bonds is 6. The molecule has 3 rings (SSSR count). The van der Waals surface area contributed by atoms with Gasteiger partial charge in [0.25, 0.3) is 5.69 Å². The zero-order valence-corrected chi connectivity index (χ0v) is 15.5. The van der Waals surface area contributed by atoms with Crippen LogP contribution in [0.25, 0.3) is 11.6 Å². The summed E-state index contributed by atoms with van der Waals surface area (Å²) in [6.07, 6.45) is 1.58. The third-order valence-corrected chi connectivity index (χ3v) is 4.27. The van der Waals surface area contributed by atoms with Gasteiger partial charge in [0, 0.05) is 22.7 Å². The Morgan fingerprint density at radius 2 is 1.82 bits per heavy atom. The lowest BCUT2D eigenvalue weighted by atomic mass is 10.0. The summed E-state index contributed by atoms with van der Waals surface area (Å²) in [4.78, 5) is 10.7. The van der Waals surface area contributed by atoms with Crippen LogP contribution in [0.3, 0.4) is 0 Å². The lowest BCUT2D eigenvalue weighted by molar-refractivity contribution is -0.384. The Bertz CT molecular complexity index is 1060. The molecule has 28 heavy (non-hydrogen) atoms. The van der Waals surface area contributed by atoms with E-state index in [9.17, 15) is 15.4 Å². The average molecular weight is 391 g/mol. The van der Waals surface area contributed by atoms with Gasteiger partial charge in [-0.25, -0.2) is 0 Å². The van der Waals surface area contributed by atoms with Crippen LogP contribution in [0, 0.1) is 21.4 Å². The summed E-state index contributed by atoms with van der Waals surface area (Å²) in [5.41, 5.74) is 2.35. The fourth-order valence-electron chi connectivity index (χ4n) is 2.59. The molecule has 0 N–H and O–H groups in total. The third-order valence-electron chi connectivity index (χ3n) is 4.02. The number of nitro benzene ring substituents is 1. The minimum Gasteiger partial charge on any atom is -0.488 e. The molecule has 0 spiro atoms. The molecule has 0 unspecified atom stereocenters. The molecule has 0 bridgehead atoms. The number of halogens is 1. The van der Waals surface area contributed by atoms with Crippen molar-refractivity contribution in [3.05, 3.63) is 105 Å². The number of ether oxygens (including phenoxy) is 1. The molecule has 0 aliphatic rings. The van der Waals surface area contributed by atoms with E-state index >= 15 is 0 Å². The Labute approximate surface area is 167 Å². The molecular weight excluding hydrogens is 376 g/mol. The van der Waals surface area contributed by atoms with Crippen molar-refractivity contribution >= 4 is 28.9 Å². The van der Waals surface area contributed by atoms with Gasteiger partial charge in [-0.2, -0.15) is 5.26 Å². The molecule has 0 saturated heterocycles. The fraction of sp³-hybridized carbons (Fsp3) is 0.0455. The SMILES string of the molecule is N#CC(=Cc1cc([N+](=O)[O-])ccc1OCc1ccccc1)c1ccc(Cl)cc1. The van der Waals surface area contributed by atoms with Gasteiger partial charge in [0.1, 0.15) is 12.4 Å². The number of hydrogen-bond donors (Lipinski definition) is 0. The predicted molar refractivity (Wildman–Crippen MR) is 109 cm³/mol. The molecule has 0 heterocycles. The van der Waals surface area contributed by atoms with E-state index in [2.05, 4.69) is 6.07 Å². The van der Waals surface area contributed by atoms with Crippen LogP contribution >= 0.6 is 11.6 Å². The molecule has 3 aromatic carbocycles. The lowest BCUT2D eigenvalue weighted by Crippen LogP contribution is -1.98. The van der Waals surface area contributed by atoms with Gasteiger partial charge in [0.2, 0.25) is 0 Å². The zero-order valence-electron chi connectivity index (χ0n) is 14.7. The van der Waals surface area contributed by atoms with Crippen molar-refractivity contribution in [2.24, 2.45) is 0 Å². The standard InChI is InChI=1S/C22H15ClN2O3/c23-20-8-6-17(7-9-20)19(14-24)12-18-13-21(25(26)27)10-11-22(18)28-15-16-4-2-1-3-5-16/h1-13H,15H2. The first kappa shape index (κ1) is 19.2. The predicted octanol–water partition coefficient (Wildman–Crippen LogP) is 5.89. The Morgan fingerprint density at radius 1 is 1.11 bits per heavy atom. The molecule has 0 fully saturated rings. The third kappa shape index (κ3) is 4.76. The number of allylic oxidation sites excluding steroid dienone is 1. The number of nitro groups is 1. The maximum atomic E-state index is 11.2. The van der Waals surface area contributed by atoms with E-state index in [1.807, 2.05) is 30.3 Å². The summed E-state index contributed by atoms with van der Waals surface area (Å²) >= 11 is 5.90. The normalized spacial score (nSPS) is 10.9. The summed E-state index contributed by atoms with van der Waals surface area (Å²) < 4.78 is 5.86. The smallest absolute Gasteiger partial charge is 0.270 e. The summed E-state index contributed by atoms with van der Waals surface area (Å²) in [6, 6.07) is 22.8. The zero-order chi connectivity index (χ0) is 19.9. The number of nitrogens with zero attached hydrogens (tertiary/aromatic N) is 2. The topological polar surface area (TPSA) is 76.2 Å². The summed E-state index contributed by atoms with van der Waals surface area (Å²) in [5, 5.41) is 21.3. The van der Waals surface area contributed by atoms with Gasteiger partial charge in [0.05, 0.1) is 16.6 Å². The first-order valence-corrected chi connectivity index (χ1v) is 8.77. The van der Waals surface area contributed by atoms with Crippen LogP contribution < -0.4 is 4.74 Å². The lowest BCUT2D eigenvalue weighted by Gasteiger charge is -2.10. The number of benzene rings is 3. The van der Waals surface area contributed by atoms with E-state index in [4.69, 9.17) is 16.3 Å². The van der Waals surface area contributed by atoms with Gasteiger partial charge in [-0.05, 0) is 35.4 Å². The largest absolute Gasteiger partial charge is 0.488 e. The molecule has 3 aromatic rings. The monoisotopic (exact) mass is 390 g/mol. The van der Waals surface area contributed by atoms with Gasteiger partial charge in [-0.15, -0.1) is 0 Å². The Kier molecular flexibility index (Phi) is 6.05. The van der Waals surface area contributed by atoms with Crippen LogP contribution in [-0.2, 0) is 6.61 Å². The minimum atomic E-state index is -0.480. The second-order valence-corrected chi connectivity index (χ2v) is 6.37. The van der Waals surface area contributed by atoms with E-state index in [1.54, 1.807) is 36.4 Å². The maximum Gasteiger partial charge on any atom is 0.270 e. The molecular formula is C22H15ClN2O3. The Morgan fingerprint density at radius 3 is 2.46 bits per heavy atom. The molecule has 0 radical (unpaired) electrons. The van der Waals surface area contributed by atoms with Crippen molar-refractivity contribution in [1.82, 2.24) is 0 Å². The van der Waals surface area contributed by atoms with Crippen molar-refractivity contribution < 1.29 is 9.66 Å². The number of non-ortho nitro benzene ring substituents is 1. The molecule has 6 heteroatoms. The van der Waals surface area contributed by atoms with Crippen molar-refractivity contribution in [1.29, 1.82) is 5.26 Å². The van der Waals surface area contributed by atoms with Gasteiger partial charge >= 0.3 is 0 Å². The molecule has 0 aliphatic heterocycles. The molecule has 5 nitrogen and oxygen atoms in total. The summed E-state index contributed by atoms with van der Waals surface area (Å²) in [5.74, 6) is 0.455. The molecule has 0 saturated carbocycles. The van der Waals surface area contributed by atoms with Crippen LogP contribution in [0.1, 0.15) is 16.7 Å². The second kappa shape index (κ2) is 8.85. The van der Waals surface area contributed by atoms with Crippen molar-refractivity contribution in [2.75, 3.05) is 0 Å². The highest BCUT2D eigenvalue weighted by Gasteiger charge is 2.12. The van der Waals surface area contributed by atoms with E-state index in [1.165, 1.54) is 12.1 Å². The van der Waals surface area contributed by atoms with Gasteiger partial charge < -0.3 is 4.74 Å². The van der Waals surface area contributed by atoms with Crippen LogP contribution in [-0.4, -0.2) is 4.92 Å². The van der Waals surface area contributed by atoms with E-state index in [0.717, 1.165) is 5.56 Å². The van der Waals surface area contributed by atoms with Gasteiger partial charge in [-0.1, -0.05) is 54.1 Å². The highest BCUT2D eigenvalue weighted by Crippen LogP contribution is 2.29. The van der Waals surface area contributed by atoms with Crippen LogP contribution in [0.15, 0.2) is 72.8 Å². The van der Waals surface area contributed by atoms with Crippen molar-refractivity contribution in [3.8, 4) is 11.8 Å². The fourth-order valence-corrected chi connectivity index (χ4v) is 2.72. The van der Waals surface area contributed by atoms with Gasteiger partial charge in [0.15, 0.2) is 0 Å². The summed E-state index contributed by atoms with van der Waals surface area (Å²) in [6.45, 7) is 0.308. The van der Waals surface area contributed by atoms with Crippen LogP contribution in [0.4, 0.5) is 5.69 Å². The highest BCUT2D eigenvalue weighted by molar-refractivity contribution is 6.30. The van der Waals surface area contributed by atoms with Crippen molar-refractivity contribution in [3.63, 3.8) is 0 Å².